The Labute approximate surface area is 101 Å². The molecule has 1 amide bonds. The van der Waals surface area contributed by atoms with Crippen molar-refractivity contribution in [2.75, 3.05) is 13.2 Å². The second-order valence-electron chi connectivity index (χ2n) is 4.43. The smallest absolute Gasteiger partial charge is 0.242 e. The molecule has 0 aliphatic carbocycles. The lowest BCUT2D eigenvalue weighted by Gasteiger charge is -2.27. The van der Waals surface area contributed by atoms with Gasteiger partial charge in [0.05, 0.1) is 6.61 Å². The van der Waals surface area contributed by atoms with Crippen molar-refractivity contribution in [2.45, 2.75) is 25.4 Å². The van der Waals surface area contributed by atoms with Crippen molar-refractivity contribution in [3.63, 3.8) is 0 Å². The molecule has 0 spiro atoms. The van der Waals surface area contributed by atoms with Crippen LogP contribution >= 0.6 is 0 Å². The Kier molecular flexibility index (Phi) is 3.76. The molecule has 2 atom stereocenters. The highest BCUT2D eigenvalue weighted by Crippen LogP contribution is 2.22. The standard InChI is InChI=1S/C13H18N2O2/c1-9(8-16)15-13(17)12-11-5-3-2-4-10(11)6-7-14-12/h2-5,9,12,14,16H,6-8H2,1H3,(H,15,17)/t9-,12?/m0/s1. The second kappa shape index (κ2) is 5.29. The summed E-state index contributed by atoms with van der Waals surface area (Å²) in [6.45, 7) is 2.55. The Bertz CT molecular complexity index is 406. The molecule has 1 aromatic rings. The molecule has 0 bridgehead atoms. The number of carbonyl (C=O) groups excluding carboxylic acids is 1. The van der Waals surface area contributed by atoms with Crippen LogP contribution in [-0.4, -0.2) is 30.2 Å². The minimum absolute atomic E-state index is 0.0416. The van der Waals surface area contributed by atoms with Crippen molar-refractivity contribution in [3.8, 4) is 0 Å². The molecule has 2 rings (SSSR count). The molecule has 1 heterocycles. The summed E-state index contributed by atoms with van der Waals surface area (Å²) in [6, 6.07) is 7.48. The fourth-order valence-corrected chi connectivity index (χ4v) is 2.11. The van der Waals surface area contributed by atoms with Gasteiger partial charge in [0.25, 0.3) is 0 Å². The first-order chi connectivity index (χ1) is 8.22. The van der Waals surface area contributed by atoms with Crippen molar-refractivity contribution in [1.29, 1.82) is 0 Å². The van der Waals surface area contributed by atoms with E-state index in [1.807, 2.05) is 18.2 Å². The highest BCUT2D eigenvalue weighted by atomic mass is 16.3. The van der Waals surface area contributed by atoms with E-state index in [1.54, 1.807) is 6.92 Å². The van der Waals surface area contributed by atoms with Crippen LogP contribution in [0.5, 0.6) is 0 Å². The van der Waals surface area contributed by atoms with E-state index < -0.39 is 0 Å². The number of carbonyl (C=O) groups is 1. The van der Waals surface area contributed by atoms with Crippen LogP contribution in [0.25, 0.3) is 0 Å². The van der Waals surface area contributed by atoms with Gasteiger partial charge in [-0.25, -0.2) is 0 Å². The number of aliphatic hydroxyl groups excluding tert-OH is 1. The molecule has 0 saturated heterocycles. The molecule has 17 heavy (non-hydrogen) atoms. The van der Waals surface area contributed by atoms with Crippen molar-refractivity contribution in [3.05, 3.63) is 35.4 Å². The van der Waals surface area contributed by atoms with E-state index in [1.165, 1.54) is 5.56 Å². The number of hydrogen-bond acceptors (Lipinski definition) is 3. The summed E-state index contributed by atoms with van der Waals surface area (Å²) in [7, 11) is 0. The number of hydrogen-bond donors (Lipinski definition) is 3. The van der Waals surface area contributed by atoms with Crippen LogP contribution in [0.1, 0.15) is 24.1 Å². The van der Waals surface area contributed by atoms with Crippen molar-refractivity contribution in [2.24, 2.45) is 0 Å². The van der Waals surface area contributed by atoms with Gasteiger partial charge >= 0.3 is 0 Å². The molecule has 0 radical (unpaired) electrons. The summed E-state index contributed by atoms with van der Waals surface area (Å²) in [5.74, 6) is -0.0706. The van der Waals surface area contributed by atoms with Gasteiger partial charge in [0.15, 0.2) is 0 Å². The highest BCUT2D eigenvalue weighted by molar-refractivity contribution is 5.84. The number of amides is 1. The zero-order valence-electron chi connectivity index (χ0n) is 9.94. The minimum Gasteiger partial charge on any atom is -0.394 e. The van der Waals surface area contributed by atoms with Gasteiger partial charge in [0, 0.05) is 12.6 Å². The van der Waals surface area contributed by atoms with Crippen LogP contribution in [-0.2, 0) is 11.2 Å². The van der Waals surface area contributed by atoms with Crippen LogP contribution in [0.15, 0.2) is 24.3 Å². The average Bonchev–Trinajstić information content (AvgIpc) is 2.37. The van der Waals surface area contributed by atoms with Crippen LogP contribution in [0.3, 0.4) is 0 Å². The third-order valence-corrected chi connectivity index (χ3v) is 3.03. The maximum Gasteiger partial charge on any atom is 0.242 e. The Hall–Kier alpha value is -1.39. The molecule has 1 unspecified atom stereocenters. The van der Waals surface area contributed by atoms with Crippen molar-refractivity contribution in [1.82, 2.24) is 10.6 Å². The molecule has 0 saturated carbocycles. The normalized spacial score (nSPS) is 20.5. The third-order valence-electron chi connectivity index (χ3n) is 3.03. The number of rotatable bonds is 3. The zero-order chi connectivity index (χ0) is 12.3. The monoisotopic (exact) mass is 234 g/mol. The van der Waals surface area contributed by atoms with Gasteiger partial charge in [0.2, 0.25) is 5.91 Å². The first kappa shape index (κ1) is 12.1. The first-order valence-corrected chi connectivity index (χ1v) is 5.95. The summed E-state index contributed by atoms with van der Waals surface area (Å²) in [5.41, 5.74) is 2.27. The Morgan fingerprint density at radius 3 is 3.12 bits per heavy atom. The maximum absolute atomic E-state index is 12.0. The van der Waals surface area contributed by atoms with E-state index >= 15 is 0 Å². The summed E-state index contributed by atoms with van der Waals surface area (Å²) in [6.07, 6.45) is 0.954. The summed E-state index contributed by atoms with van der Waals surface area (Å²) < 4.78 is 0. The fraction of sp³-hybridized carbons (Fsp3) is 0.462. The number of fused-ring (bicyclic) bond motifs is 1. The van der Waals surface area contributed by atoms with Crippen molar-refractivity contribution < 1.29 is 9.90 Å². The molecule has 4 heteroatoms. The molecular weight excluding hydrogens is 216 g/mol. The summed E-state index contributed by atoms with van der Waals surface area (Å²) >= 11 is 0. The molecule has 4 nitrogen and oxygen atoms in total. The second-order valence-corrected chi connectivity index (χ2v) is 4.43. The van der Waals surface area contributed by atoms with Gasteiger partial charge < -0.3 is 15.7 Å². The van der Waals surface area contributed by atoms with Gasteiger partial charge in [-0.05, 0) is 24.5 Å². The summed E-state index contributed by atoms with van der Waals surface area (Å²) in [4.78, 5) is 12.0. The molecular formula is C13H18N2O2. The Balaban J connectivity index is 2.15. The van der Waals surface area contributed by atoms with Crippen molar-refractivity contribution >= 4 is 5.91 Å². The number of aliphatic hydroxyl groups is 1. The molecule has 1 aromatic carbocycles. The van der Waals surface area contributed by atoms with Crippen LogP contribution in [0, 0.1) is 0 Å². The van der Waals surface area contributed by atoms with Crippen LogP contribution < -0.4 is 10.6 Å². The van der Waals surface area contributed by atoms with Gasteiger partial charge in [-0.3, -0.25) is 4.79 Å². The molecule has 1 aliphatic heterocycles. The molecule has 0 fully saturated rings. The van der Waals surface area contributed by atoms with Gasteiger partial charge in [0.1, 0.15) is 6.04 Å². The molecule has 92 valence electrons. The first-order valence-electron chi connectivity index (χ1n) is 5.95. The van der Waals surface area contributed by atoms with Gasteiger partial charge in [-0.15, -0.1) is 0 Å². The van der Waals surface area contributed by atoms with E-state index in [0.29, 0.717) is 0 Å². The SMILES string of the molecule is C[C@@H](CO)NC(=O)C1NCCc2ccccc21. The number of benzene rings is 1. The van der Waals surface area contributed by atoms with E-state index in [4.69, 9.17) is 5.11 Å². The van der Waals surface area contributed by atoms with E-state index in [9.17, 15) is 4.79 Å². The molecule has 1 aliphatic rings. The van der Waals surface area contributed by atoms with Crippen LogP contribution in [0.4, 0.5) is 0 Å². The topological polar surface area (TPSA) is 61.4 Å². The largest absolute Gasteiger partial charge is 0.394 e. The predicted octanol–water partition coefficient (Wildman–Crippen LogP) is 0.370. The average molecular weight is 234 g/mol. The fourth-order valence-electron chi connectivity index (χ4n) is 2.11. The maximum atomic E-state index is 12.0. The molecule has 3 N–H and O–H groups in total. The van der Waals surface area contributed by atoms with E-state index in [-0.39, 0.29) is 24.6 Å². The quantitative estimate of drug-likeness (QED) is 0.708. The minimum atomic E-state index is -0.297. The molecule has 0 aromatic heterocycles. The van der Waals surface area contributed by atoms with Gasteiger partial charge in [-0.2, -0.15) is 0 Å². The third kappa shape index (κ3) is 2.65. The predicted molar refractivity (Wildman–Crippen MR) is 65.6 cm³/mol. The Morgan fingerprint density at radius 1 is 1.59 bits per heavy atom. The number of nitrogens with one attached hydrogen (secondary N) is 2. The van der Waals surface area contributed by atoms with E-state index in [2.05, 4.69) is 16.7 Å². The zero-order valence-corrected chi connectivity index (χ0v) is 9.94. The van der Waals surface area contributed by atoms with E-state index in [0.717, 1.165) is 18.5 Å². The lowest BCUT2D eigenvalue weighted by Crippen LogP contribution is -2.45. The highest BCUT2D eigenvalue weighted by Gasteiger charge is 2.26. The Morgan fingerprint density at radius 2 is 2.35 bits per heavy atom. The summed E-state index contributed by atoms with van der Waals surface area (Å²) in [5, 5.41) is 14.9. The lowest BCUT2D eigenvalue weighted by molar-refractivity contribution is -0.124. The lowest BCUT2D eigenvalue weighted by atomic mass is 9.94. The van der Waals surface area contributed by atoms with Gasteiger partial charge in [-0.1, -0.05) is 24.3 Å². The van der Waals surface area contributed by atoms with Crippen LogP contribution in [0.2, 0.25) is 0 Å².